The number of anilines is 1. The lowest BCUT2D eigenvalue weighted by Gasteiger charge is -2.09. The van der Waals surface area contributed by atoms with Gasteiger partial charge < -0.3 is 11.1 Å². The van der Waals surface area contributed by atoms with E-state index in [0.29, 0.717) is 10.9 Å². The SMILES string of the molecule is NC(=O)c1sc2nc(C(F)F)cc(C3CC3)c2c1NC(=O)c1[nH]ncc1[N+](=O)[O-]. The van der Waals surface area contributed by atoms with Crippen molar-refractivity contribution in [2.45, 2.75) is 25.2 Å². The lowest BCUT2D eigenvalue weighted by Crippen LogP contribution is -2.18. The average molecular weight is 422 g/mol. The molecule has 3 aromatic heterocycles. The van der Waals surface area contributed by atoms with Crippen LogP contribution in [0.5, 0.6) is 0 Å². The molecule has 0 spiro atoms. The van der Waals surface area contributed by atoms with Crippen LogP contribution in [0.15, 0.2) is 12.3 Å². The van der Waals surface area contributed by atoms with Crippen molar-refractivity contribution < 1.29 is 23.3 Å². The van der Waals surface area contributed by atoms with E-state index in [9.17, 15) is 28.5 Å². The van der Waals surface area contributed by atoms with Crippen LogP contribution >= 0.6 is 11.3 Å². The van der Waals surface area contributed by atoms with Crippen molar-refractivity contribution in [1.82, 2.24) is 15.2 Å². The van der Waals surface area contributed by atoms with E-state index >= 15 is 0 Å². The highest BCUT2D eigenvalue weighted by atomic mass is 32.1. The third kappa shape index (κ3) is 3.29. The topological polar surface area (TPSA) is 157 Å². The number of aromatic amines is 1. The van der Waals surface area contributed by atoms with Crippen LogP contribution in [0, 0.1) is 10.1 Å². The van der Waals surface area contributed by atoms with Crippen molar-refractivity contribution in [3.63, 3.8) is 0 Å². The fourth-order valence-corrected chi connectivity index (χ4v) is 4.05. The van der Waals surface area contributed by atoms with Gasteiger partial charge in [0.1, 0.15) is 21.6 Å². The van der Waals surface area contributed by atoms with Crippen LogP contribution in [0.25, 0.3) is 10.2 Å². The monoisotopic (exact) mass is 422 g/mol. The number of amides is 2. The summed E-state index contributed by atoms with van der Waals surface area (Å²) in [4.78, 5) is 38.7. The highest BCUT2D eigenvalue weighted by Crippen LogP contribution is 2.48. The Bertz CT molecular complexity index is 1170. The third-order valence-corrected chi connectivity index (χ3v) is 5.56. The lowest BCUT2D eigenvalue weighted by molar-refractivity contribution is -0.385. The third-order valence-electron chi connectivity index (χ3n) is 4.46. The van der Waals surface area contributed by atoms with Gasteiger partial charge in [-0.15, -0.1) is 11.3 Å². The van der Waals surface area contributed by atoms with Crippen molar-refractivity contribution in [2.24, 2.45) is 5.73 Å². The number of rotatable bonds is 6. The van der Waals surface area contributed by atoms with E-state index in [-0.39, 0.29) is 21.3 Å². The molecule has 1 saturated carbocycles. The summed E-state index contributed by atoms with van der Waals surface area (Å²) in [5.41, 5.74) is 4.53. The number of hydrogen-bond donors (Lipinski definition) is 3. The number of alkyl halides is 2. The Morgan fingerprint density at radius 3 is 2.72 bits per heavy atom. The molecule has 0 aromatic carbocycles. The summed E-state index contributed by atoms with van der Waals surface area (Å²) >= 11 is 0.779. The zero-order chi connectivity index (χ0) is 20.9. The first-order chi connectivity index (χ1) is 13.8. The van der Waals surface area contributed by atoms with Gasteiger partial charge in [0.25, 0.3) is 18.2 Å². The maximum atomic E-state index is 13.2. The Morgan fingerprint density at radius 1 is 1.41 bits per heavy atom. The number of nitrogens with two attached hydrogens (primary N) is 1. The highest BCUT2D eigenvalue weighted by molar-refractivity contribution is 7.21. The molecule has 29 heavy (non-hydrogen) atoms. The second kappa shape index (κ2) is 6.84. The molecule has 4 rings (SSSR count). The van der Waals surface area contributed by atoms with E-state index in [0.717, 1.165) is 30.4 Å². The minimum absolute atomic E-state index is 0.00149. The van der Waals surface area contributed by atoms with Gasteiger partial charge in [0, 0.05) is 5.39 Å². The van der Waals surface area contributed by atoms with Crippen molar-refractivity contribution in [1.29, 1.82) is 0 Å². The summed E-state index contributed by atoms with van der Waals surface area (Å²) in [7, 11) is 0. The fraction of sp³-hybridized carbons (Fsp3) is 0.250. The second-order valence-electron chi connectivity index (χ2n) is 6.40. The zero-order valence-corrected chi connectivity index (χ0v) is 15.3. The first kappa shape index (κ1) is 18.9. The molecule has 0 bridgehead atoms. The molecule has 0 radical (unpaired) electrons. The Kier molecular flexibility index (Phi) is 4.45. The predicted molar refractivity (Wildman–Crippen MR) is 98.3 cm³/mol. The van der Waals surface area contributed by atoms with Crippen molar-refractivity contribution in [3.05, 3.63) is 44.2 Å². The summed E-state index contributed by atoms with van der Waals surface area (Å²) < 4.78 is 26.5. The molecular formula is C16H12F2N6O4S. The molecular weight excluding hydrogens is 410 g/mol. The van der Waals surface area contributed by atoms with Crippen LogP contribution in [0.2, 0.25) is 0 Å². The molecule has 0 aliphatic heterocycles. The van der Waals surface area contributed by atoms with Gasteiger partial charge in [-0.3, -0.25) is 24.8 Å². The Balaban J connectivity index is 1.87. The molecule has 2 amide bonds. The number of hydrogen-bond acceptors (Lipinski definition) is 7. The number of H-pyrrole nitrogens is 1. The number of carbonyl (C=O) groups excluding carboxylic acids is 2. The molecule has 150 valence electrons. The number of pyridine rings is 1. The molecule has 3 aromatic rings. The van der Waals surface area contributed by atoms with E-state index in [4.69, 9.17) is 5.73 Å². The number of carbonyl (C=O) groups is 2. The highest BCUT2D eigenvalue weighted by Gasteiger charge is 2.32. The average Bonchev–Trinajstić information content (AvgIpc) is 3.26. The van der Waals surface area contributed by atoms with E-state index in [1.165, 1.54) is 6.07 Å². The summed E-state index contributed by atoms with van der Waals surface area (Å²) in [6, 6.07) is 1.26. The number of nitrogens with zero attached hydrogens (tertiary/aromatic N) is 3. The van der Waals surface area contributed by atoms with Crippen molar-refractivity contribution in [3.8, 4) is 0 Å². The van der Waals surface area contributed by atoms with Gasteiger partial charge >= 0.3 is 5.69 Å². The van der Waals surface area contributed by atoms with Crippen LogP contribution in [-0.4, -0.2) is 31.9 Å². The number of fused-ring (bicyclic) bond motifs is 1. The van der Waals surface area contributed by atoms with Gasteiger partial charge in [-0.1, -0.05) is 0 Å². The van der Waals surface area contributed by atoms with Crippen LogP contribution in [0.1, 0.15) is 56.6 Å². The molecule has 3 heterocycles. The van der Waals surface area contributed by atoms with Crippen LogP contribution in [0.3, 0.4) is 0 Å². The first-order valence-corrected chi connectivity index (χ1v) is 9.14. The number of primary amides is 1. The lowest BCUT2D eigenvalue weighted by atomic mass is 10.0. The van der Waals surface area contributed by atoms with E-state index in [2.05, 4.69) is 20.5 Å². The number of nitro groups is 1. The Hall–Kier alpha value is -3.48. The second-order valence-corrected chi connectivity index (χ2v) is 7.40. The minimum atomic E-state index is -2.80. The van der Waals surface area contributed by atoms with Gasteiger partial charge in [-0.05, 0) is 30.4 Å². The maximum absolute atomic E-state index is 13.2. The number of nitrogens with one attached hydrogen (secondary N) is 2. The summed E-state index contributed by atoms with van der Waals surface area (Å²) in [5, 5.41) is 19.6. The zero-order valence-electron chi connectivity index (χ0n) is 14.4. The quantitative estimate of drug-likeness (QED) is 0.409. The molecule has 1 fully saturated rings. The summed E-state index contributed by atoms with van der Waals surface area (Å²) in [6.07, 6.45) is -0.394. The van der Waals surface area contributed by atoms with Gasteiger partial charge in [0.05, 0.1) is 10.6 Å². The fourth-order valence-electron chi connectivity index (χ4n) is 3.03. The molecule has 4 N–H and O–H groups in total. The molecule has 1 aliphatic rings. The largest absolute Gasteiger partial charge is 0.365 e. The van der Waals surface area contributed by atoms with Crippen LogP contribution < -0.4 is 11.1 Å². The van der Waals surface area contributed by atoms with Gasteiger partial charge in [0.15, 0.2) is 0 Å². The maximum Gasteiger partial charge on any atom is 0.319 e. The van der Waals surface area contributed by atoms with Gasteiger partial charge in [-0.25, -0.2) is 13.8 Å². The minimum Gasteiger partial charge on any atom is -0.365 e. The van der Waals surface area contributed by atoms with E-state index < -0.39 is 40.2 Å². The molecule has 0 saturated heterocycles. The molecule has 0 unspecified atom stereocenters. The van der Waals surface area contributed by atoms with Crippen molar-refractivity contribution in [2.75, 3.05) is 5.32 Å². The van der Waals surface area contributed by atoms with Gasteiger partial charge in [-0.2, -0.15) is 5.10 Å². The van der Waals surface area contributed by atoms with Gasteiger partial charge in [0.2, 0.25) is 5.69 Å². The normalized spacial score (nSPS) is 13.8. The van der Waals surface area contributed by atoms with E-state index in [1.54, 1.807) is 0 Å². The number of aromatic nitrogens is 3. The van der Waals surface area contributed by atoms with Crippen LogP contribution in [0.4, 0.5) is 20.2 Å². The van der Waals surface area contributed by atoms with Crippen LogP contribution in [-0.2, 0) is 0 Å². The number of halogens is 2. The standard InChI is InChI=1S/C16H12F2N6O4S/c17-13(18)7-3-6(5-1-2-5)9-11(12(14(19)25)29-16(9)21-7)22-15(26)10-8(24(27)28)4-20-23-10/h3-5,13H,1-2H2,(H2,19,25)(H,20,23)(H,22,26). The first-order valence-electron chi connectivity index (χ1n) is 8.32. The molecule has 0 atom stereocenters. The Morgan fingerprint density at radius 2 is 2.14 bits per heavy atom. The predicted octanol–water partition coefficient (Wildman–Crippen LogP) is 3.09. The summed E-state index contributed by atoms with van der Waals surface area (Å²) in [6.45, 7) is 0. The molecule has 10 nitrogen and oxygen atoms in total. The van der Waals surface area contributed by atoms with Crippen molar-refractivity contribution >= 4 is 44.7 Å². The molecule has 13 heteroatoms. The number of thiophene rings is 1. The van der Waals surface area contributed by atoms with E-state index in [1.807, 2.05) is 0 Å². The summed E-state index contributed by atoms with van der Waals surface area (Å²) in [5.74, 6) is -1.82. The smallest absolute Gasteiger partial charge is 0.319 e. The molecule has 1 aliphatic carbocycles. The Labute approximate surface area is 164 Å².